The summed E-state index contributed by atoms with van der Waals surface area (Å²) >= 11 is 0. The maximum atomic E-state index is 13.3. The number of carbonyl (C=O) groups is 3. The molecule has 2 amide bonds. The van der Waals surface area contributed by atoms with Crippen LogP contribution in [0.5, 0.6) is 0 Å². The van der Waals surface area contributed by atoms with Crippen molar-refractivity contribution in [2.75, 3.05) is 47.8 Å². The summed E-state index contributed by atoms with van der Waals surface area (Å²) in [5.74, 6) is -2.09. The normalized spacial score (nSPS) is 20.7. The highest BCUT2D eigenvalue weighted by atomic mass is 19.4. The molecule has 69 heavy (non-hydrogen) atoms. The second-order valence-electron chi connectivity index (χ2n) is 17.1. The number of halogens is 3. The number of piperidine rings is 1. The van der Waals surface area contributed by atoms with Crippen molar-refractivity contribution >= 4 is 46.7 Å². The van der Waals surface area contributed by atoms with Crippen LogP contribution in [0.1, 0.15) is 70.7 Å². The Balaban J connectivity index is 0.000000853. The van der Waals surface area contributed by atoms with Gasteiger partial charge < -0.3 is 55.8 Å². The molecule has 9 rings (SSSR count). The number of nitrogens with zero attached hydrogens (tertiary/aromatic N) is 9. The number of hydrogen-bond donors (Lipinski definition) is 8. The number of fused-ring (bicyclic) bond motifs is 1. The monoisotopic (exact) mass is 956 g/mol. The van der Waals surface area contributed by atoms with E-state index in [-0.39, 0.29) is 36.2 Å². The van der Waals surface area contributed by atoms with Crippen molar-refractivity contribution in [2.24, 2.45) is 0 Å². The first-order valence-corrected chi connectivity index (χ1v) is 22.3. The predicted octanol–water partition coefficient (Wildman–Crippen LogP) is 3.94. The number of alkyl halides is 3. The highest BCUT2D eigenvalue weighted by molar-refractivity contribution is 5.87. The maximum absolute atomic E-state index is 13.3. The first-order chi connectivity index (χ1) is 33.2. The molecule has 0 radical (unpaired) electrons. The summed E-state index contributed by atoms with van der Waals surface area (Å²) in [5, 5.41) is 62.9. The molecule has 0 spiro atoms. The Bertz CT molecular complexity index is 2660. The number of aliphatic hydroxyl groups excluding tert-OH is 3. The lowest BCUT2D eigenvalue weighted by molar-refractivity contribution is -0.192. The van der Waals surface area contributed by atoms with E-state index in [1.165, 1.54) is 6.20 Å². The zero-order chi connectivity index (χ0) is 48.8. The molecule has 20 nitrogen and oxygen atoms in total. The molecule has 0 unspecified atom stereocenters. The molecule has 3 fully saturated rings. The molecule has 6 aromatic rings. The number of urea groups is 1. The van der Waals surface area contributed by atoms with Crippen LogP contribution in [-0.2, 0) is 11.4 Å². The number of anilines is 3. The van der Waals surface area contributed by atoms with Crippen LogP contribution < -0.4 is 25.8 Å². The number of hydrogen-bond acceptors (Lipinski definition) is 14. The topological polar surface area (TPSA) is 269 Å². The van der Waals surface area contributed by atoms with Crippen LogP contribution in [0.3, 0.4) is 0 Å². The fourth-order valence-corrected chi connectivity index (χ4v) is 9.00. The van der Waals surface area contributed by atoms with E-state index in [9.17, 15) is 43.2 Å². The van der Waals surface area contributed by atoms with Gasteiger partial charge in [0.25, 0.3) is 0 Å². The zero-order valence-electron chi connectivity index (χ0n) is 37.0. The summed E-state index contributed by atoms with van der Waals surface area (Å²) in [7, 11) is 0. The molecular weight excluding hydrogens is 906 g/mol. The van der Waals surface area contributed by atoms with Gasteiger partial charge in [-0.25, -0.2) is 24.4 Å². The smallest absolute Gasteiger partial charge is 0.478 e. The molecule has 2 aliphatic heterocycles. The van der Waals surface area contributed by atoms with Gasteiger partial charge >= 0.3 is 24.1 Å². The van der Waals surface area contributed by atoms with Crippen molar-refractivity contribution in [1.29, 1.82) is 0 Å². The lowest BCUT2D eigenvalue weighted by atomic mass is 9.91. The quantitative estimate of drug-likeness (QED) is 0.0815. The molecular formula is C46H51F3N12O8. The highest BCUT2D eigenvalue weighted by Crippen LogP contribution is 2.40. The minimum absolute atomic E-state index is 0.00783. The van der Waals surface area contributed by atoms with Gasteiger partial charge in [-0.2, -0.15) is 28.2 Å². The third-order valence-corrected chi connectivity index (χ3v) is 12.6. The van der Waals surface area contributed by atoms with Crippen LogP contribution in [0, 0.1) is 0 Å². The third kappa shape index (κ3) is 11.2. The number of nitrogens with one attached hydrogen (secondary N) is 3. The third-order valence-electron chi connectivity index (χ3n) is 12.6. The Labute approximate surface area is 392 Å². The summed E-state index contributed by atoms with van der Waals surface area (Å²) < 4.78 is 35.1. The van der Waals surface area contributed by atoms with Crippen LogP contribution in [0.15, 0.2) is 97.7 Å². The van der Waals surface area contributed by atoms with Gasteiger partial charge in [0.05, 0.1) is 36.8 Å². The van der Waals surface area contributed by atoms with E-state index in [4.69, 9.17) is 24.9 Å². The van der Waals surface area contributed by atoms with Gasteiger partial charge in [0.15, 0.2) is 17.0 Å². The Morgan fingerprint density at radius 1 is 0.783 bits per heavy atom. The van der Waals surface area contributed by atoms with Crippen molar-refractivity contribution in [3.8, 4) is 0 Å². The Morgan fingerprint density at radius 3 is 2.00 bits per heavy atom. The number of pyridine rings is 1. The van der Waals surface area contributed by atoms with Gasteiger partial charge in [-0.15, -0.1) is 0 Å². The number of aromatic carboxylic acids is 1. The van der Waals surface area contributed by atoms with E-state index in [1.807, 2.05) is 45.9 Å². The zero-order valence-corrected chi connectivity index (χ0v) is 37.0. The number of benzene rings is 2. The largest absolute Gasteiger partial charge is 0.490 e. The lowest BCUT2D eigenvalue weighted by Gasteiger charge is -2.33. The van der Waals surface area contributed by atoms with Crippen molar-refractivity contribution in [2.45, 2.75) is 80.8 Å². The van der Waals surface area contributed by atoms with E-state index >= 15 is 0 Å². The minimum atomic E-state index is -5.08. The summed E-state index contributed by atoms with van der Waals surface area (Å²) in [5.41, 5.74) is 4.05. The number of amides is 2. The minimum Gasteiger partial charge on any atom is -0.478 e. The first-order valence-electron chi connectivity index (χ1n) is 22.3. The number of aromatic nitrogens is 7. The molecule has 5 atom stereocenters. The molecule has 8 N–H and O–H groups in total. The molecule has 1 saturated carbocycles. The number of rotatable bonds is 13. The second kappa shape index (κ2) is 20.9. The molecule has 6 heterocycles. The second-order valence-corrected chi connectivity index (χ2v) is 17.1. The van der Waals surface area contributed by atoms with E-state index in [0.717, 1.165) is 24.0 Å². The standard InChI is InChI=1S/C44H50N12O6.C2HF3O2/c57-25-27-20-48-56(23-27)35-19-34(38(58)39(35)59)55-26-47-37-40(46-22-33(28-7-3-1-4-8-28)29-9-5-2-6-10-29)51-43(52-41(37)55)54-18-15-32(24-54)50-44(62)49-31-13-16-53(17-14-31)36-12-11-30(21-45-36)42(60)61;3-2(4,5)1(6)7/h1-12,20-21,23,26,31-35,38-39,57-59H,13-19,22,24-25H2,(H,60,61)(H,46,51,52)(H2,49,50,62);(H,6,7)/t32-,34-,35+,38+,39-;/m1./s1. The average molecular weight is 957 g/mol. The van der Waals surface area contributed by atoms with Gasteiger partial charge in [-0.1, -0.05) is 60.7 Å². The van der Waals surface area contributed by atoms with E-state index in [1.54, 1.807) is 35.5 Å². The summed E-state index contributed by atoms with van der Waals surface area (Å²) in [4.78, 5) is 56.8. The van der Waals surface area contributed by atoms with Gasteiger partial charge in [0, 0.05) is 68.7 Å². The molecule has 0 bridgehead atoms. The number of aliphatic hydroxyl groups is 3. The molecule has 1 aliphatic carbocycles. The Hall–Kier alpha value is -7.37. The summed E-state index contributed by atoms with van der Waals surface area (Å²) in [6.07, 6.45) is 1.32. The average Bonchev–Trinajstić information content (AvgIpc) is 4.17. The number of carboxylic acid groups (broad SMARTS) is 2. The number of carbonyl (C=O) groups excluding carboxylic acids is 1. The van der Waals surface area contributed by atoms with Crippen molar-refractivity contribution in [1.82, 2.24) is 44.9 Å². The van der Waals surface area contributed by atoms with Crippen LogP contribution >= 0.6 is 0 Å². The molecule has 2 saturated heterocycles. The van der Waals surface area contributed by atoms with Gasteiger partial charge in [-0.05, 0) is 48.9 Å². The van der Waals surface area contributed by atoms with Gasteiger partial charge in [-0.3, -0.25) is 4.68 Å². The fourth-order valence-electron chi connectivity index (χ4n) is 9.00. The van der Waals surface area contributed by atoms with Crippen LogP contribution in [0.2, 0.25) is 0 Å². The summed E-state index contributed by atoms with van der Waals surface area (Å²) in [6.45, 7) is 2.73. The number of aliphatic carboxylic acids is 1. The SMILES string of the molecule is O=C(NC1CCN(c2ccc(C(=O)O)cn2)CC1)N[C@@H]1CCN(c2nc(NCC(c3ccccc3)c3ccccc3)c3ncn([C@@H]4C[C@H](n5cc(CO)cn5)[C@@H](O)[C@H]4O)c3n2)C1.O=C(O)C(F)(F)F. The highest BCUT2D eigenvalue weighted by Gasteiger charge is 2.45. The first kappa shape index (κ1) is 48.1. The van der Waals surface area contributed by atoms with Crippen LogP contribution in [0.25, 0.3) is 11.2 Å². The number of carboxylic acids is 2. The Morgan fingerprint density at radius 2 is 1.41 bits per heavy atom. The molecule has 23 heteroatoms. The fraction of sp³-hybridized carbons (Fsp3) is 0.391. The van der Waals surface area contributed by atoms with Gasteiger partial charge in [0.1, 0.15) is 18.0 Å². The predicted molar refractivity (Wildman–Crippen MR) is 244 cm³/mol. The van der Waals surface area contributed by atoms with Crippen molar-refractivity contribution < 1.29 is 53.1 Å². The van der Waals surface area contributed by atoms with Crippen molar-refractivity contribution in [3.63, 3.8) is 0 Å². The number of imidazole rings is 1. The summed E-state index contributed by atoms with van der Waals surface area (Å²) in [6, 6.07) is 22.3. The Kier molecular flexibility index (Phi) is 14.6. The van der Waals surface area contributed by atoms with Crippen LogP contribution in [0.4, 0.5) is 35.5 Å². The van der Waals surface area contributed by atoms with Crippen LogP contribution in [-0.4, -0.2) is 141 Å². The molecule has 4 aromatic heterocycles. The van der Waals surface area contributed by atoms with Crippen molar-refractivity contribution in [3.05, 3.63) is 120 Å². The lowest BCUT2D eigenvalue weighted by Crippen LogP contribution is -2.50. The molecule has 3 aliphatic rings. The van der Waals surface area contributed by atoms with Gasteiger partial charge in [0.2, 0.25) is 5.95 Å². The van der Waals surface area contributed by atoms with E-state index < -0.39 is 42.4 Å². The van der Waals surface area contributed by atoms with E-state index in [0.29, 0.717) is 79.9 Å². The molecule has 2 aromatic carbocycles. The molecule has 364 valence electrons. The maximum Gasteiger partial charge on any atom is 0.490 e. The van der Waals surface area contributed by atoms with E-state index in [2.05, 4.69) is 55.2 Å².